The maximum Gasteiger partial charge on any atom is 0.289 e. The van der Waals surface area contributed by atoms with Gasteiger partial charge in [0.1, 0.15) is 11.6 Å². The standard InChI is InChI=1S/C17H14FNO2S/c1-19(11-14-3-2-10-22-14)17(20)16-9-8-15(21-16)12-4-6-13(18)7-5-12/h2-10H,11H2,1H3. The van der Waals surface area contributed by atoms with Crippen LogP contribution in [0.3, 0.4) is 0 Å². The quantitative estimate of drug-likeness (QED) is 0.714. The molecule has 0 aliphatic carbocycles. The van der Waals surface area contributed by atoms with Gasteiger partial charge in [0.2, 0.25) is 0 Å². The number of hydrogen-bond donors (Lipinski definition) is 0. The van der Waals surface area contributed by atoms with E-state index in [0.717, 1.165) is 10.4 Å². The molecule has 2 aromatic heterocycles. The van der Waals surface area contributed by atoms with Gasteiger partial charge in [-0.1, -0.05) is 6.07 Å². The summed E-state index contributed by atoms with van der Waals surface area (Å²) in [6, 6.07) is 13.3. The summed E-state index contributed by atoms with van der Waals surface area (Å²) in [4.78, 5) is 15.1. The molecule has 0 saturated carbocycles. The molecule has 5 heteroatoms. The highest BCUT2D eigenvalue weighted by Crippen LogP contribution is 2.23. The van der Waals surface area contributed by atoms with E-state index in [1.807, 2.05) is 17.5 Å². The van der Waals surface area contributed by atoms with Crippen molar-refractivity contribution in [2.45, 2.75) is 6.54 Å². The Labute approximate surface area is 131 Å². The zero-order chi connectivity index (χ0) is 15.5. The van der Waals surface area contributed by atoms with Gasteiger partial charge < -0.3 is 9.32 Å². The van der Waals surface area contributed by atoms with Crippen LogP contribution in [0, 0.1) is 5.82 Å². The molecule has 0 aliphatic heterocycles. The molecule has 112 valence electrons. The van der Waals surface area contributed by atoms with E-state index in [9.17, 15) is 9.18 Å². The van der Waals surface area contributed by atoms with Crippen LogP contribution < -0.4 is 0 Å². The Hall–Kier alpha value is -2.40. The van der Waals surface area contributed by atoms with E-state index in [1.165, 1.54) is 12.1 Å². The van der Waals surface area contributed by atoms with Crippen molar-refractivity contribution in [2.75, 3.05) is 7.05 Å². The minimum absolute atomic E-state index is 0.179. The number of hydrogen-bond acceptors (Lipinski definition) is 3. The van der Waals surface area contributed by atoms with Crippen LogP contribution in [0.1, 0.15) is 15.4 Å². The average molecular weight is 315 g/mol. The van der Waals surface area contributed by atoms with E-state index in [-0.39, 0.29) is 17.5 Å². The summed E-state index contributed by atoms with van der Waals surface area (Å²) in [5, 5.41) is 1.98. The highest BCUT2D eigenvalue weighted by atomic mass is 32.1. The fourth-order valence-corrected chi connectivity index (χ4v) is 2.88. The van der Waals surface area contributed by atoms with Gasteiger partial charge in [-0.15, -0.1) is 11.3 Å². The average Bonchev–Trinajstić information content (AvgIpc) is 3.18. The second-order valence-electron chi connectivity index (χ2n) is 4.91. The molecule has 3 aromatic rings. The first kappa shape index (κ1) is 14.5. The van der Waals surface area contributed by atoms with E-state index in [0.29, 0.717) is 12.3 Å². The lowest BCUT2D eigenvalue weighted by molar-refractivity contribution is 0.0756. The molecular formula is C17H14FNO2S. The molecule has 0 saturated heterocycles. The Morgan fingerprint density at radius 2 is 1.95 bits per heavy atom. The summed E-state index contributed by atoms with van der Waals surface area (Å²) < 4.78 is 18.5. The van der Waals surface area contributed by atoms with Crippen molar-refractivity contribution in [3.63, 3.8) is 0 Å². The Morgan fingerprint density at radius 3 is 2.64 bits per heavy atom. The van der Waals surface area contributed by atoms with Gasteiger partial charge in [0, 0.05) is 17.5 Å². The largest absolute Gasteiger partial charge is 0.451 e. The molecule has 0 bridgehead atoms. The van der Waals surface area contributed by atoms with Crippen molar-refractivity contribution in [3.8, 4) is 11.3 Å². The lowest BCUT2D eigenvalue weighted by Crippen LogP contribution is -2.25. The van der Waals surface area contributed by atoms with Gasteiger partial charge in [-0.3, -0.25) is 4.79 Å². The molecule has 3 rings (SSSR count). The zero-order valence-corrected chi connectivity index (χ0v) is 12.8. The number of benzene rings is 1. The van der Waals surface area contributed by atoms with E-state index in [1.54, 1.807) is 47.5 Å². The number of thiophene rings is 1. The van der Waals surface area contributed by atoms with Crippen molar-refractivity contribution in [2.24, 2.45) is 0 Å². The molecule has 0 aliphatic rings. The third kappa shape index (κ3) is 3.09. The van der Waals surface area contributed by atoms with Crippen LogP contribution in [0.4, 0.5) is 4.39 Å². The molecule has 1 aromatic carbocycles. The van der Waals surface area contributed by atoms with Crippen molar-refractivity contribution >= 4 is 17.2 Å². The lowest BCUT2D eigenvalue weighted by Gasteiger charge is -2.14. The third-order valence-corrected chi connectivity index (χ3v) is 4.13. The molecular weight excluding hydrogens is 301 g/mol. The molecule has 0 fully saturated rings. The molecule has 1 amide bonds. The number of halogens is 1. The minimum atomic E-state index is -0.303. The van der Waals surface area contributed by atoms with Crippen LogP contribution in [-0.2, 0) is 6.54 Å². The monoisotopic (exact) mass is 315 g/mol. The van der Waals surface area contributed by atoms with Gasteiger partial charge in [-0.2, -0.15) is 0 Å². The molecule has 0 N–H and O–H groups in total. The third-order valence-electron chi connectivity index (χ3n) is 3.27. The maximum atomic E-state index is 12.9. The van der Waals surface area contributed by atoms with Gasteiger partial charge in [0.25, 0.3) is 5.91 Å². The van der Waals surface area contributed by atoms with Crippen LogP contribution in [0.15, 0.2) is 58.3 Å². The van der Waals surface area contributed by atoms with E-state index in [4.69, 9.17) is 4.42 Å². The van der Waals surface area contributed by atoms with E-state index >= 15 is 0 Å². The molecule has 0 atom stereocenters. The predicted octanol–water partition coefficient (Wildman–Crippen LogP) is 4.42. The number of furan rings is 1. The number of carbonyl (C=O) groups excluding carboxylic acids is 1. The SMILES string of the molecule is CN(Cc1cccs1)C(=O)c1ccc(-c2ccc(F)cc2)o1. The Morgan fingerprint density at radius 1 is 1.18 bits per heavy atom. The van der Waals surface area contributed by atoms with Gasteiger partial charge in [-0.25, -0.2) is 4.39 Å². The van der Waals surface area contributed by atoms with Crippen LogP contribution in [0.25, 0.3) is 11.3 Å². The van der Waals surface area contributed by atoms with Crippen molar-refractivity contribution in [1.82, 2.24) is 4.90 Å². The second kappa shape index (κ2) is 6.15. The smallest absolute Gasteiger partial charge is 0.289 e. The van der Waals surface area contributed by atoms with Crippen LogP contribution >= 0.6 is 11.3 Å². The molecule has 22 heavy (non-hydrogen) atoms. The summed E-state index contributed by atoms with van der Waals surface area (Å²) in [7, 11) is 1.74. The van der Waals surface area contributed by atoms with Crippen LogP contribution in [-0.4, -0.2) is 17.9 Å². The molecule has 2 heterocycles. The minimum Gasteiger partial charge on any atom is -0.451 e. The zero-order valence-electron chi connectivity index (χ0n) is 12.0. The normalized spacial score (nSPS) is 10.6. The molecule has 0 spiro atoms. The van der Waals surface area contributed by atoms with Crippen LogP contribution in [0.5, 0.6) is 0 Å². The van der Waals surface area contributed by atoms with Gasteiger partial charge in [0.15, 0.2) is 5.76 Å². The molecule has 0 radical (unpaired) electrons. The van der Waals surface area contributed by atoms with E-state index in [2.05, 4.69) is 0 Å². The number of amides is 1. The lowest BCUT2D eigenvalue weighted by atomic mass is 10.2. The highest BCUT2D eigenvalue weighted by molar-refractivity contribution is 7.09. The summed E-state index contributed by atoms with van der Waals surface area (Å²) in [6.45, 7) is 0.545. The van der Waals surface area contributed by atoms with Crippen molar-refractivity contribution in [1.29, 1.82) is 0 Å². The van der Waals surface area contributed by atoms with Gasteiger partial charge >= 0.3 is 0 Å². The summed E-state index contributed by atoms with van der Waals surface area (Å²) in [6.07, 6.45) is 0. The Balaban J connectivity index is 1.75. The van der Waals surface area contributed by atoms with Gasteiger partial charge in [0.05, 0.1) is 6.54 Å². The summed E-state index contributed by atoms with van der Waals surface area (Å²) in [5.74, 6) is 0.343. The maximum absolute atomic E-state index is 12.9. The summed E-state index contributed by atoms with van der Waals surface area (Å²) in [5.41, 5.74) is 0.737. The van der Waals surface area contributed by atoms with Crippen molar-refractivity contribution in [3.05, 3.63) is 70.4 Å². The predicted molar refractivity (Wildman–Crippen MR) is 84.2 cm³/mol. The van der Waals surface area contributed by atoms with Crippen LogP contribution in [0.2, 0.25) is 0 Å². The first-order chi connectivity index (χ1) is 10.6. The second-order valence-corrected chi connectivity index (χ2v) is 5.94. The first-order valence-corrected chi connectivity index (χ1v) is 7.65. The molecule has 3 nitrogen and oxygen atoms in total. The van der Waals surface area contributed by atoms with Gasteiger partial charge in [-0.05, 0) is 47.8 Å². The molecule has 0 unspecified atom stereocenters. The first-order valence-electron chi connectivity index (χ1n) is 6.77. The summed E-state index contributed by atoms with van der Waals surface area (Å²) >= 11 is 1.61. The van der Waals surface area contributed by atoms with E-state index < -0.39 is 0 Å². The number of rotatable bonds is 4. The Bertz CT molecular complexity index is 762. The highest BCUT2D eigenvalue weighted by Gasteiger charge is 2.17. The topological polar surface area (TPSA) is 33.5 Å². The van der Waals surface area contributed by atoms with Crippen molar-refractivity contribution < 1.29 is 13.6 Å². The fourth-order valence-electron chi connectivity index (χ4n) is 2.12. The number of nitrogens with zero attached hydrogens (tertiary/aromatic N) is 1. The fraction of sp³-hybridized carbons (Fsp3) is 0.118. The Kier molecular flexibility index (Phi) is 4.06. The number of carbonyl (C=O) groups is 1.